The van der Waals surface area contributed by atoms with Crippen LogP contribution in [-0.4, -0.2) is 0 Å². The van der Waals surface area contributed by atoms with Crippen LogP contribution in [0.15, 0.2) is 36.4 Å². The number of nitrogens with one attached hydrogen (secondary N) is 1. The van der Waals surface area contributed by atoms with Crippen LogP contribution in [0.5, 0.6) is 0 Å². The van der Waals surface area contributed by atoms with E-state index in [-0.39, 0.29) is 6.04 Å². The summed E-state index contributed by atoms with van der Waals surface area (Å²) < 4.78 is 0. The van der Waals surface area contributed by atoms with Gasteiger partial charge in [0.15, 0.2) is 0 Å². The maximum atomic E-state index is 9.02. The number of fused-ring (bicyclic) bond motifs is 1. The number of nitriles is 1. The number of aryl methyl sites for hydroxylation is 1. The highest BCUT2D eigenvalue weighted by atomic mass is 35.5. The second-order valence-corrected chi connectivity index (χ2v) is 5.41. The van der Waals surface area contributed by atoms with Gasteiger partial charge in [-0.1, -0.05) is 17.7 Å². The topological polar surface area (TPSA) is 61.8 Å². The molecule has 0 fully saturated rings. The van der Waals surface area contributed by atoms with Crippen molar-refractivity contribution >= 4 is 23.0 Å². The van der Waals surface area contributed by atoms with Crippen LogP contribution in [0, 0.1) is 11.3 Å². The van der Waals surface area contributed by atoms with E-state index in [1.54, 1.807) is 12.1 Å². The van der Waals surface area contributed by atoms with E-state index in [2.05, 4.69) is 17.5 Å². The number of rotatable bonds is 2. The molecule has 3 rings (SSSR count). The molecular weight excluding hydrogens is 270 g/mol. The van der Waals surface area contributed by atoms with Crippen LogP contribution in [0.3, 0.4) is 0 Å². The van der Waals surface area contributed by atoms with Gasteiger partial charge in [0, 0.05) is 11.4 Å². The zero-order valence-corrected chi connectivity index (χ0v) is 11.6. The third-order valence-electron chi connectivity index (χ3n) is 3.67. The smallest absolute Gasteiger partial charge is 0.101 e. The van der Waals surface area contributed by atoms with Gasteiger partial charge in [-0.15, -0.1) is 0 Å². The van der Waals surface area contributed by atoms with E-state index in [9.17, 15) is 0 Å². The SMILES string of the molecule is N#Cc1cc(NC2CCc3cc(N)ccc32)ccc1Cl. The average molecular weight is 284 g/mol. The maximum Gasteiger partial charge on any atom is 0.101 e. The highest BCUT2D eigenvalue weighted by molar-refractivity contribution is 6.31. The molecule has 0 heterocycles. The quantitative estimate of drug-likeness (QED) is 0.822. The molecule has 1 aliphatic rings. The number of anilines is 2. The Hall–Kier alpha value is -2.18. The van der Waals surface area contributed by atoms with Gasteiger partial charge < -0.3 is 11.1 Å². The molecular formula is C16H14ClN3. The second-order valence-electron chi connectivity index (χ2n) is 5.00. The van der Waals surface area contributed by atoms with Gasteiger partial charge in [0.2, 0.25) is 0 Å². The Balaban J connectivity index is 1.86. The lowest BCUT2D eigenvalue weighted by Gasteiger charge is -2.16. The van der Waals surface area contributed by atoms with E-state index in [0.29, 0.717) is 10.6 Å². The molecule has 0 amide bonds. The lowest BCUT2D eigenvalue weighted by molar-refractivity contribution is 0.762. The zero-order chi connectivity index (χ0) is 14.1. The van der Waals surface area contributed by atoms with Crippen molar-refractivity contribution in [2.24, 2.45) is 0 Å². The molecule has 0 radical (unpaired) electrons. The monoisotopic (exact) mass is 283 g/mol. The van der Waals surface area contributed by atoms with Crippen molar-refractivity contribution in [3.05, 3.63) is 58.1 Å². The van der Waals surface area contributed by atoms with E-state index in [1.165, 1.54) is 11.1 Å². The lowest BCUT2D eigenvalue weighted by Crippen LogP contribution is -2.07. The first-order valence-electron chi connectivity index (χ1n) is 6.52. The minimum absolute atomic E-state index is 0.262. The summed E-state index contributed by atoms with van der Waals surface area (Å²) >= 11 is 5.95. The van der Waals surface area contributed by atoms with Crippen molar-refractivity contribution in [2.75, 3.05) is 11.1 Å². The molecule has 3 N–H and O–H groups in total. The Morgan fingerprint density at radius 3 is 2.90 bits per heavy atom. The molecule has 20 heavy (non-hydrogen) atoms. The van der Waals surface area contributed by atoms with Crippen LogP contribution in [0.1, 0.15) is 29.2 Å². The molecule has 1 unspecified atom stereocenters. The van der Waals surface area contributed by atoms with Gasteiger partial charge in [-0.2, -0.15) is 5.26 Å². The fourth-order valence-electron chi connectivity index (χ4n) is 2.69. The van der Waals surface area contributed by atoms with E-state index in [4.69, 9.17) is 22.6 Å². The normalized spacial score (nSPS) is 16.5. The van der Waals surface area contributed by atoms with Crippen molar-refractivity contribution in [3.8, 4) is 6.07 Å². The first kappa shape index (κ1) is 12.8. The number of halogens is 1. The van der Waals surface area contributed by atoms with Gasteiger partial charge in [0.25, 0.3) is 0 Å². The third-order valence-corrected chi connectivity index (χ3v) is 4.00. The summed E-state index contributed by atoms with van der Waals surface area (Å²) in [6.07, 6.45) is 2.06. The molecule has 0 aromatic heterocycles. The molecule has 1 atom stereocenters. The Kier molecular flexibility index (Phi) is 3.25. The summed E-state index contributed by atoms with van der Waals surface area (Å²) in [5.74, 6) is 0. The van der Waals surface area contributed by atoms with Gasteiger partial charge in [0.05, 0.1) is 16.6 Å². The zero-order valence-electron chi connectivity index (χ0n) is 10.9. The van der Waals surface area contributed by atoms with Crippen LogP contribution in [0.25, 0.3) is 0 Å². The number of nitrogen functional groups attached to an aromatic ring is 1. The van der Waals surface area contributed by atoms with Crippen molar-refractivity contribution in [1.29, 1.82) is 5.26 Å². The van der Waals surface area contributed by atoms with Crippen LogP contribution in [0.4, 0.5) is 11.4 Å². The first-order chi connectivity index (χ1) is 9.67. The fourth-order valence-corrected chi connectivity index (χ4v) is 2.85. The Morgan fingerprint density at radius 1 is 1.25 bits per heavy atom. The van der Waals surface area contributed by atoms with Gasteiger partial charge in [-0.25, -0.2) is 0 Å². The van der Waals surface area contributed by atoms with Crippen molar-refractivity contribution in [3.63, 3.8) is 0 Å². The number of hydrogen-bond acceptors (Lipinski definition) is 3. The van der Waals surface area contributed by atoms with Crippen LogP contribution < -0.4 is 11.1 Å². The predicted molar refractivity (Wildman–Crippen MR) is 81.7 cm³/mol. The molecule has 4 heteroatoms. The highest BCUT2D eigenvalue weighted by Gasteiger charge is 2.22. The van der Waals surface area contributed by atoms with Crippen LogP contribution in [0.2, 0.25) is 5.02 Å². The summed E-state index contributed by atoms with van der Waals surface area (Å²) in [5.41, 5.74) is 10.6. The largest absolute Gasteiger partial charge is 0.399 e. The van der Waals surface area contributed by atoms with Crippen molar-refractivity contribution < 1.29 is 0 Å². The summed E-state index contributed by atoms with van der Waals surface area (Å²) in [4.78, 5) is 0. The van der Waals surface area contributed by atoms with Crippen LogP contribution in [-0.2, 0) is 6.42 Å². The molecule has 0 saturated heterocycles. The van der Waals surface area contributed by atoms with Crippen molar-refractivity contribution in [1.82, 2.24) is 0 Å². The van der Waals surface area contributed by atoms with E-state index >= 15 is 0 Å². The summed E-state index contributed by atoms with van der Waals surface area (Å²) in [6, 6.07) is 13.9. The average Bonchev–Trinajstić information content (AvgIpc) is 2.83. The van der Waals surface area contributed by atoms with Gasteiger partial charge in [0.1, 0.15) is 6.07 Å². The molecule has 1 aliphatic carbocycles. The maximum absolute atomic E-state index is 9.02. The van der Waals surface area contributed by atoms with Crippen molar-refractivity contribution in [2.45, 2.75) is 18.9 Å². The minimum atomic E-state index is 0.262. The molecule has 2 aromatic rings. The Labute approximate surface area is 123 Å². The number of benzene rings is 2. The molecule has 0 bridgehead atoms. The summed E-state index contributed by atoms with van der Waals surface area (Å²) in [5, 5.41) is 13.0. The fraction of sp³-hybridized carbons (Fsp3) is 0.188. The highest BCUT2D eigenvalue weighted by Crippen LogP contribution is 2.35. The Morgan fingerprint density at radius 2 is 2.10 bits per heavy atom. The molecule has 3 nitrogen and oxygen atoms in total. The number of nitrogens with zero attached hydrogens (tertiary/aromatic N) is 1. The number of nitrogens with two attached hydrogens (primary N) is 1. The second kappa shape index (κ2) is 5.07. The van der Waals surface area contributed by atoms with Crippen LogP contribution >= 0.6 is 11.6 Å². The summed E-state index contributed by atoms with van der Waals surface area (Å²) in [7, 11) is 0. The molecule has 2 aromatic carbocycles. The van der Waals surface area contributed by atoms with Gasteiger partial charge >= 0.3 is 0 Å². The van der Waals surface area contributed by atoms with E-state index in [1.807, 2.05) is 18.2 Å². The third kappa shape index (κ3) is 2.31. The standard InChI is InChI=1S/C16H14ClN3/c17-15-5-3-13(8-11(15)9-18)20-16-6-1-10-7-12(19)2-4-14(10)16/h2-5,7-8,16,20H,1,6,19H2. The number of hydrogen-bond donors (Lipinski definition) is 2. The minimum Gasteiger partial charge on any atom is -0.399 e. The summed E-state index contributed by atoms with van der Waals surface area (Å²) in [6.45, 7) is 0. The molecule has 0 aliphatic heterocycles. The van der Waals surface area contributed by atoms with Gasteiger partial charge in [-0.3, -0.25) is 0 Å². The predicted octanol–water partition coefficient (Wildman–Crippen LogP) is 3.89. The Bertz CT molecular complexity index is 703. The first-order valence-corrected chi connectivity index (χ1v) is 6.89. The van der Waals surface area contributed by atoms with E-state index < -0.39 is 0 Å². The van der Waals surface area contributed by atoms with E-state index in [0.717, 1.165) is 24.2 Å². The lowest BCUT2D eigenvalue weighted by atomic mass is 10.1. The molecule has 0 spiro atoms. The molecule has 100 valence electrons. The van der Waals surface area contributed by atoms with Gasteiger partial charge in [-0.05, 0) is 54.3 Å². The molecule has 0 saturated carbocycles.